The van der Waals surface area contributed by atoms with Crippen LogP contribution in [-0.4, -0.2) is 18.2 Å². The zero-order valence-electron chi connectivity index (χ0n) is 13.2. The van der Waals surface area contributed by atoms with E-state index in [1.54, 1.807) is 31.2 Å². The van der Waals surface area contributed by atoms with E-state index >= 15 is 0 Å². The van der Waals surface area contributed by atoms with Gasteiger partial charge in [0.25, 0.3) is 10.0 Å². The predicted molar refractivity (Wildman–Crippen MR) is 106 cm³/mol. The fourth-order valence-electron chi connectivity index (χ4n) is 2.27. The smallest absolute Gasteiger partial charge is 0.263 e. The van der Waals surface area contributed by atoms with E-state index in [-0.39, 0.29) is 20.8 Å². The lowest BCUT2D eigenvalue weighted by atomic mass is 10.3. The van der Waals surface area contributed by atoms with E-state index < -0.39 is 10.0 Å². The normalized spacial score (nSPS) is 11.6. The molecule has 1 heterocycles. The Kier molecular flexibility index (Phi) is 5.42. The molecule has 0 radical (unpaired) electrons. The van der Waals surface area contributed by atoms with Crippen molar-refractivity contribution >= 4 is 62.2 Å². The lowest BCUT2D eigenvalue weighted by Crippen LogP contribution is -2.16. The van der Waals surface area contributed by atoms with E-state index in [4.69, 9.17) is 46.4 Å². The zero-order chi connectivity index (χ0) is 19.1. The van der Waals surface area contributed by atoms with Crippen molar-refractivity contribution in [3.05, 3.63) is 68.2 Å². The van der Waals surface area contributed by atoms with Gasteiger partial charge in [-0.1, -0.05) is 52.5 Å². The van der Waals surface area contributed by atoms with E-state index in [0.29, 0.717) is 21.4 Å². The average molecular weight is 451 g/mol. The summed E-state index contributed by atoms with van der Waals surface area (Å²) in [6.45, 7) is 1.73. The second-order valence-electron chi connectivity index (χ2n) is 5.34. The molecule has 0 atom stereocenters. The van der Waals surface area contributed by atoms with Crippen molar-refractivity contribution in [2.75, 3.05) is 4.72 Å². The van der Waals surface area contributed by atoms with Gasteiger partial charge < -0.3 is 0 Å². The number of sulfonamides is 1. The van der Waals surface area contributed by atoms with Gasteiger partial charge >= 0.3 is 0 Å². The van der Waals surface area contributed by atoms with E-state index in [9.17, 15) is 8.42 Å². The average Bonchev–Trinajstić information content (AvgIpc) is 2.92. The van der Waals surface area contributed by atoms with Gasteiger partial charge in [0.05, 0.1) is 31.5 Å². The first-order valence-electron chi connectivity index (χ1n) is 7.18. The third-order valence-electron chi connectivity index (χ3n) is 3.42. The number of hydrogen-bond donors (Lipinski definition) is 1. The molecule has 1 N–H and O–H groups in total. The summed E-state index contributed by atoms with van der Waals surface area (Å²) in [5.41, 5.74) is 1.15. The van der Waals surface area contributed by atoms with Crippen LogP contribution in [0.25, 0.3) is 5.69 Å². The minimum absolute atomic E-state index is 0.0565. The summed E-state index contributed by atoms with van der Waals surface area (Å²) >= 11 is 23.9. The SMILES string of the molecule is Cc1cc(NS(=O)(=O)c2cccc(Cl)c2Cl)n(-c2ccc(Cl)c(Cl)c2)n1. The van der Waals surface area contributed by atoms with Crippen LogP contribution in [0.15, 0.2) is 47.4 Å². The summed E-state index contributed by atoms with van der Waals surface area (Å²) in [4.78, 5) is -0.133. The first-order chi connectivity index (χ1) is 12.2. The topological polar surface area (TPSA) is 64.0 Å². The summed E-state index contributed by atoms with van der Waals surface area (Å²) in [7, 11) is -3.99. The van der Waals surface area contributed by atoms with Gasteiger partial charge in [0.15, 0.2) is 0 Å². The zero-order valence-corrected chi connectivity index (χ0v) is 17.0. The second kappa shape index (κ2) is 7.29. The van der Waals surface area contributed by atoms with Crippen molar-refractivity contribution in [3.63, 3.8) is 0 Å². The predicted octanol–water partition coefficient (Wildman–Crippen LogP) is 5.60. The van der Waals surface area contributed by atoms with Crippen LogP contribution in [-0.2, 0) is 10.0 Å². The highest BCUT2D eigenvalue weighted by Crippen LogP contribution is 2.31. The molecule has 0 unspecified atom stereocenters. The lowest BCUT2D eigenvalue weighted by Gasteiger charge is -2.12. The van der Waals surface area contributed by atoms with Crippen molar-refractivity contribution in [3.8, 4) is 5.69 Å². The Bertz CT molecular complexity index is 1100. The van der Waals surface area contributed by atoms with Crippen molar-refractivity contribution in [1.82, 2.24) is 9.78 Å². The lowest BCUT2D eigenvalue weighted by molar-refractivity contribution is 0.600. The molecule has 0 saturated carbocycles. The third-order valence-corrected chi connectivity index (χ3v) is 6.49. The molecule has 2 aromatic carbocycles. The molecule has 0 bridgehead atoms. The summed E-state index contributed by atoms with van der Waals surface area (Å²) in [5.74, 6) is 0.219. The van der Waals surface area contributed by atoms with Crippen LogP contribution in [0.2, 0.25) is 20.1 Å². The van der Waals surface area contributed by atoms with Gasteiger partial charge in [-0.3, -0.25) is 4.72 Å². The monoisotopic (exact) mass is 449 g/mol. The van der Waals surface area contributed by atoms with E-state index in [1.807, 2.05) is 0 Å². The van der Waals surface area contributed by atoms with Gasteiger partial charge in [-0.2, -0.15) is 5.10 Å². The molecule has 5 nitrogen and oxygen atoms in total. The first-order valence-corrected chi connectivity index (χ1v) is 10.2. The second-order valence-corrected chi connectivity index (χ2v) is 8.59. The fraction of sp³-hybridized carbons (Fsp3) is 0.0625. The number of aromatic nitrogens is 2. The molecule has 0 fully saturated rings. The molecule has 0 amide bonds. The quantitative estimate of drug-likeness (QED) is 0.562. The van der Waals surface area contributed by atoms with Crippen molar-refractivity contribution in [2.45, 2.75) is 11.8 Å². The maximum absolute atomic E-state index is 12.7. The third kappa shape index (κ3) is 3.80. The maximum atomic E-state index is 12.7. The van der Waals surface area contributed by atoms with Gasteiger partial charge in [-0.05, 0) is 37.3 Å². The molecule has 26 heavy (non-hydrogen) atoms. The van der Waals surface area contributed by atoms with Crippen molar-refractivity contribution in [2.24, 2.45) is 0 Å². The highest BCUT2D eigenvalue weighted by Gasteiger charge is 2.22. The molecule has 3 aromatic rings. The molecule has 136 valence electrons. The largest absolute Gasteiger partial charge is 0.264 e. The molecular formula is C16H11Cl4N3O2S. The van der Waals surface area contributed by atoms with Crippen LogP contribution in [0, 0.1) is 6.92 Å². The van der Waals surface area contributed by atoms with Crippen LogP contribution >= 0.6 is 46.4 Å². The number of rotatable bonds is 4. The number of nitrogens with one attached hydrogen (secondary N) is 1. The molecule has 0 aliphatic carbocycles. The summed E-state index contributed by atoms with van der Waals surface area (Å²) in [6.07, 6.45) is 0. The van der Waals surface area contributed by atoms with Gasteiger partial charge in [0.1, 0.15) is 10.7 Å². The molecule has 3 rings (SSSR count). The Morgan fingerprint density at radius 2 is 1.69 bits per heavy atom. The van der Waals surface area contributed by atoms with Crippen molar-refractivity contribution in [1.29, 1.82) is 0 Å². The standard InChI is InChI=1S/C16H11Cl4N3O2S/c1-9-7-15(23(21-9)10-5-6-11(17)13(19)8-10)22-26(24,25)14-4-2-3-12(18)16(14)20/h2-8,22H,1H3. The minimum atomic E-state index is -3.99. The molecular weight excluding hydrogens is 440 g/mol. The van der Waals surface area contributed by atoms with Gasteiger partial charge in [-0.15, -0.1) is 0 Å². The van der Waals surface area contributed by atoms with E-state index in [0.717, 1.165) is 0 Å². The summed E-state index contributed by atoms with van der Waals surface area (Å²) in [5, 5.41) is 5.09. The molecule has 10 heteroatoms. The minimum Gasteiger partial charge on any atom is -0.263 e. The van der Waals surface area contributed by atoms with Crippen LogP contribution in [0.4, 0.5) is 5.82 Å². The number of hydrogen-bond acceptors (Lipinski definition) is 3. The fourth-order valence-corrected chi connectivity index (χ4v) is 4.36. The first kappa shape index (κ1) is 19.3. The Balaban J connectivity index is 2.06. The van der Waals surface area contributed by atoms with Crippen LogP contribution in [0.3, 0.4) is 0 Å². The molecule has 0 aliphatic heterocycles. The van der Waals surface area contributed by atoms with E-state index in [1.165, 1.54) is 22.9 Å². The molecule has 0 saturated heterocycles. The number of nitrogens with zero attached hydrogens (tertiary/aromatic N) is 2. The van der Waals surface area contributed by atoms with Crippen LogP contribution < -0.4 is 4.72 Å². The Morgan fingerprint density at radius 3 is 2.38 bits per heavy atom. The summed E-state index contributed by atoms with van der Waals surface area (Å²) in [6, 6.07) is 10.8. The van der Waals surface area contributed by atoms with Gasteiger partial charge in [0.2, 0.25) is 0 Å². The number of benzene rings is 2. The summed E-state index contributed by atoms with van der Waals surface area (Å²) < 4.78 is 29.4. The van der Waals surface area contributed by atoms with Crippen LogP contribution in [0.5, 0.6) is 0 Å². The Labute approximate surface area is 170 Å². The van der Waals surface area contributed by atoms with E-state index in [2.05, 4.69) is 9.82 Å². The molecule has 0 aliphatic rings. The van der Waals surface area contributed by atoms with Crippen molar-refractivity contribution < 1.29 is 8.42 Å². The highest BCUT2D eigenvalue weighted by atomic mass is 35.5. The number of anilines is 1. The Morgan fingerprint density at radius 1 is 0.962 bits per heavy atom. The number of aryl methyl sites for hydroxylation is 1. The van der Waals surface area contributed by atoms with Gasteiger partial charge in [0, 0.05) is 6.07 Å². The number of halogens is 4. The Hall–Kier alpha value is -1.44. The molecule has 1 aromatic heterocycles. The van der Waals surface area contributed by atoms with Gasteiger partial charge in [-0.25, -0.2) is 13.1 Å². The molecule has 0 spiro atoms. The highest BCUT2D eigenvalue weighted by molar-refractivity contribution is 7.92. The van der Waals surface area contributed by atoms with Crippen LogP contribution in [0.1, 0.15) is 5.69 Å². The maximum Gasteiger partial charge on any atom is 0.264 e.